The number of allylic oxidation sites excluding steroid dienone is 4. The third-order valence-electron chi connectivity index (χ3n) is 3.23. The van der Waals surface area contributed by atoms with E-state index in [1.807, 2.05) is 16.8 Å². The number of aromatic nitrogens is 3. The van der Waals surface area contributed by atoms with Crippen molar-refractivity contribution in [2.45, 2.75) is 19.8 Å². The monoisotopic (exact) mass is 259 g/mol. The van der Waals surface area contributed by atoms with Crippen molar-refractivity contribution in [1.82, 2.24) is 14.4 Å². The molecule has 0 N–H and O–H groups in total. The summed E-state index contributed by atoms with van der Waals surface area (Å²) in [5.41, 5.74) is 2.98. The Balaban J connectivity index is 2.17. The molecule has 0 saturated heterocycles. The number of rotatable bonds is 1. The maximum atomic E-state index is 6.04. The zero-order valence-corrected chi connectivity index (χ0v) is 10.9. The summed E-state index contributed by atoms with van der Waals surface area (Å²) in [5, 5.41) is 0.440. The molecule has 1 aliphatic carbocycles. The van der Waals surface area contributed by atoms with Crippen LogP contribution < -0.4 is 0 Å². The summed E-state index contributed by atoms with van der Waals surface area (Å²) in [7, 11) is 0. The molecule has 18 heavy (non-hydrogen) atoms. The van der Waals surface area contributed by atoms with Crippen molar-refractivity contribution >= 4 is 22.8 Å². The standard InChI is InChI=1S/C14H14ClN3/c1-10-4-2-3-5-11(8-10)12-9-17-14-13(15)16-6-7-18(12)14/h3,5-10H,2,4H2,1H3. The molecule has 2 aromatic rings. The van der Waals surface area contributed by atoms with E-state index in [9.17, 15) is 0 Å². The Hall–Kier alpha value is -1.61. The molecular formula is C14H14ClN3. The van der Waals surface area contributed by atoms with Crippen molar-refractivity contribution in [2.75, 3.05) is 0 Å². The van der Waals surface area contributed by atoms with Crippen LogP contribution in [-0.2, 0) is 0 Å². The molecule has 0 amide bonds. The van der Waals surface area contributed by atoms with E-state index in [-0.39, 0.29) is 0 Å². The van der Waals surface area contributed by atoms with E-state index in [2.05, 4.69) is 35.1 Å². The smallest absolute Gasteiger partial charge is 0.175 e. The van der Waals surface area contributed by atoms with E-state index in [4.69, 9.17) is 11.6 Å². The molecule has 2 heterocycles. The van der Waals surface area contributed by atoms with E-state index in [1.165, 1.54) is 12.0 Å². The highest BCUT2D eigenvalue weighted by Crippen LogP contribution is 2.25. The van der Waals surface area contributed by atoms with E-state index in [0.29, 0.717) is 16.7 Å². The Morgan fingerprint density at radius 3 is 3.17 bits per heavy atom. The number of imidazole rings is 1. The van der Waals surface area contributed by atoms with Crippen LogP contribution in [-0.4, -0.2) is 14.4 Å². The molecule has 0 aromatic carbocycles. The molecule has 0 fully saturated rings. The Morgan fingerprint density at radius 1 is 1.39 bits per heavy atom. The molecular weight excluding hydrogens is 246 g/mol. The Bertz CT molecular complexity index is 640. The van der Waals surface area contributed by atoms with Crippen LogP contribution in [0.4, 0.5) is 0 Å². The second-order valence-corrected chi connectivity index (χ2v) is 4.99. The molecule has 2 aromatic heterocycles. The molecule has 0 aliphatic heterocycles. The van der Waals surface area contributed by atoms with Gasteiger partial charge in [0.05, 0.1) is 11.9 Å². The molecule has 0 spiro atoms. The summed E-state index contributed by atoms with van der Waals surface area (Å²) in [6.07, 6.45) is 14.5. The molecule has 4 heteroatoms. The van der Waals surface area contributed by atoms with E-state index < -0.39 is 0 Å². The van der Waals surface area contributed by atoms with Gasteiger partial charge in [0, 0.05) is 12.4 Å². The van der Waals surface area contributed by atoms with E-state index in [0.717, 1.165) is 12.1 Å². The fourth-order valence-electron chi connectivity index (χ4n) is 2.29. The molecule has 0 radical (unpaired) electrons. The third kappa shape index (κ3) is 1.95. The van der Waals surface area contributed by atoms with Gasteiger partial charge in [0.15, 0.2) is 10.8 Å². The van der Waals surface area contributed by atoms with Crippen LogP contribution >= 0.6 is 11.6 Å². The fourth-order valence-corrected chi connectivity index (χ4v) is 2.48. The van der Waals surface area contributed by atoms with Gasteiger partial charge >= 0.3 is 0 Å². The van der Waals surface area contributed by atoms with Gasteiger partial charge in [-0.3, -0.25) is 4.40 Å². The third-order valence-corrected chi connectivity index (χ3v) is 3.50. The van der Waals surface area contributed by atoms with Gasteiger partial charge in [0.1, 0.15) is 0 Å². The average molecular weight is 260 g/mol. The quantitative estimate of drug-likeness (QED) is 0.781. The first kappa shape index (κ1) is 11.5. The molecule has 3 nitrogen and oxygen atoms in total. The van der Waals surface area contributed by atoms with Gasteiger partial charge in [0.2, 0.25) is 0 Å². The highest BCUT2D eigenvalue weighted by atomic mass is 35.5. The van der Waals surface area contributed by atoms with E-state index in [1.54, 1.807) is 6.20 Å². The minimum Gasteiger partial charge on any atom is -0.296 e. The van der Waals surface area contributed by atoms with Crippen LogP contribution in [0.3, 0.4) is 0 Å². The summed E-state index contributed by atoms with van der Waals surface area (Å²) < 4.78 is 1.99. The molecule has 0 saturated carbocycles. The molecule has 0 bridgehead atoms. The summed E-state index contributed by atoms with van der Waals surface area (Å²) in [6, 6.07) is 0. The lowest BCUT2D eigenvalue weighted by atomic mass is 10.0. The molecule has 92 valence electrons. The van der Waals surface area contributed by atoms with Crippen LogP contribution in [0.15, 0.2) is 36.8 Å². The zero-order chi connectivity index (χ0) is 12.5. The minimum atomic E-state index is 0.440. The number of hydrogen-bond donors (Lipinski definition) is 0. The molecule has 1 atom stereocenters. The normalized spacial score (nSPS) is 19.9. The number of hydrogen-bond acceptors (Lipinski definition) is 2. The van der Waals surface area contributed by atoms with Gasteiger partial charge in [-0.15, -0.1) is 0 Å². The maximum absolute atomic E-state index is 6.04. The van der Waals surface area contributed by atoms with Gasteiger partial charge in [0.25, 0.3) is 0 Å². The highest BCUT2D eigenvalue weighted by Gasteiger charge is 2.11. The van der Waals surface area contributed by atoms with Crippen LogP contribution in [0.5, 0.6) is 0 Å². The first-order valence-corrected chi connectivity index (χ1v) is 6.50. The average Bonchev–Trinajstić information content (AvgIpc) is 2.67. The Morgan fingerprint density at radius 2 is 2.28 bits per heavy atom. The van der Waals surface area contributed by atoms with Crippen LogP contribution in [0, 0.1) is 5.92 Å². The summed E-state index contributed by atoms with van der Waals surface area (Å²) in [5.74, 6) is 0.581. The van der Waals surface area contributed by atoms with Crippen LogP contribution in [0.1, 0.15) is 25.5 Å². The SMILES string of the molecule is CC1C=C(c2cnc3c(Cl)nccn23)C=CCC1. The second kappa shape index (κ2) is 4.58. The predicted molar refractivity (Wildman–Crippen MR) is 73.5 cm³/mol. The van der Waals surface area contributed by atoms with Crippen molar-refractivity contribution in [1.29, 1.82) is 0 Å². The van der Waals surface area contributed by atoms with Crippen molar-refractivity contribution in [2.24, 2.45) is 5.92 Å². The second-order valence-electron chi connectivity index (χ2n) is 4.63. The molecule has 1 aliphatic rings. The van der Waals surface area contributed by atoms with Gasteiger partial charge in [-0.2, -0.15) is 0 Å². The van der Waals surface area contributed by atoms with Crippen molar-refractivity contribution in [3.8, 4) is 0 Å². The Kier molecular flexibility index (Phi) is 2.92. The first-order valence-electron chi connectivity index (χ1n) is 6.12. The first-order chi connectivity index (χ1) is 8.75. The summed E-state index contributed by atoms with van der Waals surface area (Å²) >= 11 is 6.04. The van der Waals surface area contributed by atoms with Crippen molar-refractivity contribution in [3.63, 3.8) is 0 Å². The lowest BCUT2D eigenvalue weighted by Gasteiger charge is -2.05. The fraction of sp³-hybridized carbons (Fsp3) is 0.286. The predicted octanol–water partition coefficient (Wildman–Crippen LogP) is 3.75. The summed E-state index contributed by atoms with van der Waals surface area (Å²) in [6.45, 7) is 2.24. The number of nitrogens with zero attached hydrogens (tertiary/aromatic N) is 3. The Labute approximate surface area is 111 Å². The van der Waals surface area contributed by atoms with Gasteiger partial charge in [-0.1, -0.05) is 36.8 Å². The topological polar surface area (TPSA) is 30.2 Å². The minimum absolute atomic E-state index is 0.440. The van der Waals surface area contributed by atoms with Crippen LogP contribution in [0.25, 0.3) is 11.2 Å². The van der Waals surface area contributed by atoms with E-state index >= 15 is 0 Å². The highest BCUT2D eigenvalue weighted by molar-refractivity contribution is 6.32. The van der Waals surface area contributed by atoms with Crippen molar-refractivity contribution in [3.05, 3.63) is 47.7 Å². The lowest BCUT2D eigenvalue weighted by Crippen LogP contribution is -1.94. The summed E-state index contributed by atoms with van der Waals surface area (Å²) in [4.78, 5) is 8.39. The van der Waals surface area contributed by atoms with Gasteiger partial charge in [-0.05, 0) is 24.3 Å². The zero-order valence-electron chi connectivity index (χ0n) is 10.2. The molecule has 3 rings (SSSR count). The number of fused-ring (bicyclic) bond motifs is 1. The van der Waals surface area contributed by atoms with Crippen LogP contribution in [0.2, 0.25) is 5.15 Å². The number of halogens is 1. The molecule has 1 unspecified atom stereocenters. The lowest BCUT2D eigenvalue weighted by molar-refractivity contribution is 0.663. The van der Waals surface area contributed by atoms with Gasteiger partial charge in [-0.25, -0.2) is 9.97 Å². The van der Waals surface area contributed by atoms with Crippen molar-refractivity contribution < 1.29 is 0 Å². The van der Waals surface area contributed by atoms with Gasteiger partial charge < -0.3 is 0 Å². The largest absolute Gasteiger partial charge is 0.296 e. The maximum Gasteiger partial charge on any atom is 0.175 e.